The van der Waals surface area contributed by atoms with Gasteiger partial charge in [0.1, 0.15) is 12.1 Å². The molecule has 1 saturated carbocycles. The highest BCUT2D eigenvalue weighted by atomic mass is 16.5. The topological polar surface area (TPSA) is 76.9 Å². The molecule has 0 radical (unpaired) electrons. The highest BCUT2D eigenvalue weighted by Gasteiger charge is 2.24. The fourth-order valence-electron chi connectivity index (χ4n) is 5.47. The minimum atomic E-state index is 0.411. The number of hydrogen-bond donors (Lipinski definition) is 2. The first kappa shape index (κ1) is 22.3. The molecule has 33 heavy (non-hydrogen) atoms. The van der Waals surface area contributed by atoms with E-state index in [1.165, 1.54) is 36.8 Å². The van der Waals surface area contributed by atoms with Gasteiger partial charge in [0.15, 0.2) is 0 Å². The Morgan fingerprint density at radius 3 is 2.42 bits per heavy atom. The summed E-state index contributed by atoms with van der Waals surface area (Å²) in [5.74, 6) is 1.32. The molecule has 3 aromatic rings. The van der Waals surface area contributed by atoms with Crippen LogP contribution < -0.4 is 10.6 Å². The second kappa shape index (κ2) is 9.77. The van der Waals surface area contributed by atoms with Gasteiger partial charge < -0.3 is 15.4 Å². The van der Waals surface area contributed by atoms with Gasteiger partial charge in [0.25, 0.3) is 0 Å². The summed E-state index contributed by atoms with van der Waals surface area (Å²) < 4.78 is 7.49. The molecule has 0 bridgehead atoms. The maximum absolute atomic E-state index is 5.49. The van der Waals surface area contributed by atoms with Crippen molar-refractivity contribution in [2.24, 2.45) is 7.05 Å². The summed E-state index contributed by atoms with van der Waals surface area (Å²) in [6.45, 7) is 6.22. The molecular weight excluding hydrogens is 412 g/mol. The molecular formula is C26H36N6O. The largest absolute Gasteiger partial charge is 0.381 e. The number of rotatable bonds is 6. The van der Waals surface area contributed by atoms with E-state index in [0.29, 0.717) is 24.0 Å². The fourth-order valence-corrected chi connectivity index (χ4v) is 5.47. The van der Waals surface area contributed by atoms with E-state index >= 15 is 0 Å². The van der Waals surface area contributed by atoms with Gasteiger partial charge in [-0.3, -0.25) is 4.68 Å². The first-order valence-corrected chi connectivity index (χ1v) is 12.5. The minimum Gasteiger partial charge on any atom is -0.381 e. The van der Waals surface area contributed by atoms with Crippen molar-refractivity contribution < 1.29 is 4.74 Å². The zero-order valence-corrected chi connectivity index (χ0v) is 20.1. The van der Waals surface area contributed by atoms with Crippen molar-refractivity contribution in [1.82, 2.24) is 25.1 Å². The Kier molecular flexibility index (Phi) is 6.60. The van der Waals surface area contributed by atoms with Crippen LogP contribution in [-0.2, 0) is 11.8 Å². The van der Waals surface area contributed by atoms with Gasteiger partial charge in [0, 0.05) is 61.1 Å². The van der Waals surface area contributed by atoms with Crippen LogP contribution >= 0.6 is 0 Å². The molecule has 7 heteroatoms. The Hall–Kier alpha value is -2.51. The molecule has 2 fully saturated rings. The molecule has 3 heterocycles. The number of anilines is 1. The van der Waals surface area contributed by atoms with E-state index in [-0.39, 0.29) is 0 Å². The predicted octanol–water partition coefficient (Wildman–Crippen LogP) is 4.65. The molecule has 2 N–H and O–H groups in total. The number of hydrogen-bond acceptors (Lipinski definition) is 6. The van der Waals surface area contributed by atoms with Gasteiger partial charge in [-0.25, -0.2) is 9.97 Å². The Balaban J connectivity index is 1.24. The second-order valence-electron chi connectivity index (χ2n) is 9.93. The number of aromatic nitrogens is 4. The van der Waals surface area contributed by atoms with Gasteiger partial charge in [0.05, 0.1) is 11.2 Å². The van der Waals surface area contributed by atoms with Crippen LogP contribution in [0.25, 0.3) is 22.2 Å². The number of ether oxygens (including phenoxy) is 1. The average Bonchev–Trinajstić information content (AvgIpc) is 3.16. The molecule has 0 atom stereocenters. The summed E-state index contributed by atoms with van der Waals surface area (Å²) >= 11 is 0. The SMILES string of the molecule is CC(C)c1c2cc(-c3cc(N[C@H]4CC[C@H](NC5CCOCC5)CC4)ncn3)ccc2nn1C. The molecule has 0 amide bonds. The highest BCUT2D eigenvalue weighted by molar-refractivity contribution is 5.86. The molecule has 7 nitrogen and oxygen atoms in total. The molecule has 1 aliphatic heterocycles. The normalized spacial score (nSPS) is 22.2. The number of nitrogens with one attached hydrogen (secondary N) is 2. The third-order valence-electron chi connectivity index (χ3n) is 7.16. The average molecular weight is 449 g/mol. The van der Waals surface area contributed by atoms with Crippen LogP contribution in [0.5, 0.6) is 0 Å². The summed E-state index contributed by atoms with van der Waals surface area (Å²) in [5.41, 5.74) is 4.34. The molecule has 176 valence electrons. The Morgan fingerprint density at radius 1 is 0.939 bits per heavy atom. The lowest BCUT2D eigenvalue weighted by molar-refractivity contribution is 0.0730. The van der Waals surface area contributed by atoms with Crippen LogP contribution in [0.2, 0.25) is 0 Å². The number of nitrogens with zero attached hydrogens (tertiary/aromatic N) is 4. The van der Waals surface area contributed by atoms with E-state index in [9.17, 15) is 0 Å². The fraction of sp³-hybridized carbons (Fsp3) is 0.577. The van der Waals surface area contributed by atoms with Crippen molar-refractivity contribution in [2.45, 2.75) is 76.4 Å². The monoisotopic (exact) mass is 448 g/mol. The summed E-state index contributed by atoms with van der Waals surface area (Å²) in [7, 11) is 2.02. The lowest BCUT2D eigenvalue weighted by atomic mass is 9.90. The molecule has 0 unspecified atom stereocenters. The zero-order valence-electron chi connectivity index (χ0n) is 20.1. The third-order valence-corrected chi connectivity index (χ3v) is 7.16. The zero-order chi connectivity index (χ0) is 22.8. The van der Waals surface area contributed by atoms with E-state index in [2.05, 4.69) is 63.8 Å². The Labute approximate surface area is 196 Å². The van der Waals surface area contributed by atoms with Crippen molar-refractivity contribution in [3.05, 3.63) is 36.3 Å². The molecule has 1 saturated heterocycles. The smallest absolute Gasteiger partial charge is 0.130 e. The standard InChI is InChI=1S/C26H36N6O/c1-17(2)26-22-14-18(4-9-23(22)31-32(26)3)24-15-25(28-16-27-24)30-20-7-5-19(6-8-20)29-21-10-12-33-13-11-21/h4,9,14-17,19-21,29H,5-8,10-13H2,1-3H3,(H,27,28,30)/t19-,20-. The van der Waals surface area contributed by atoms with Crippen molar-refractivity contribution in [3.8, 4) is 11.3 Å². The lowest BCUT2D eigenvalue weighted by Gasteiger charge is -2.34. The van der Waals surface area contributed by atoms with Gasteiger partial charge in [0.2, 0.25) is 0 Å². The Bertz CT molecular complexity index is 1080. The van der Waals surface area contributed by atoms with E-state index in [4.69, 9.17) is 4.74 Å². The van der Waals surface area contributed by atoms with Gasteiger partial charge in [-0.15, -0.1) is 0 Å². The predicted molar refractivity (Wildman–Crippen MR) is 132 cm³/mol. The van der Waals surface area contributed by atoms with Gasteiger partial charge >= 0.3 is 0 Å². The van der Waals surface area contributed by atoms with Crippen LogP contribution in [0.4, 0.5) is 5.82 Å². The number of fused-ring (bicyclic) bond motifs is 1. The van der Waals surface area contributed by atoms with Crippen LogP contribution in [0.1, 0.15) is 64.0 Å². The van der Waals surface area contributed by atoms with Crippen LogP contribution in [0.3, 0.4) is 0 Å². The third kappa shape index (κ3) is 5.04. The minimum absolute atomic E-state index is 0.411. The maximum atomic E-state index is 5.49. The van der Waals surface area contributed by atoms with E-state index in [1.807, 2.05) is 11.7 Å². The van der Waals surface area contributed by atoms with E-state index in [0.717, 1.165) is 48.6 Å². The van der Waals surface area contributed by atoms with E-state index in [1.54, 1.807) is 6.33 Å². The molecule has 0 spiro atoms. The van der Waals surface area contributed by atoms with Crippen molar-refractivity contribution in [1.29, 1.82) is 0 Å². The van der Waals surface area contributed by atoms with Gasteiger partial charge in [-0.05, 0) is 56.6 Å². The van der Waals surface area contributed by atoms with Crippen LogP contribution in [0.15, 0.2) is 30.6 Å². The van der Waals surface area contributed by atoms with Crippen LogP contribution in [-0.4, -0.2) is 51.1 Å². The van der Waals surface area contributed by atoms with Gasteiger partial charge in [-0.2, -0.15) is 5.10 Å². The highest BCUT2D eigenvalue weighted by Crippen LogP contribution is 2.30. The summed E-state index contributed by atoms with van der Waals surface area (Å²) in [6, 6.07) is 10.2. The number of aryl methyl sites for hydroxylation is 1. The van der Waals surface area contributed by atoms with Gasteiger partial charge in [-0.1, -0.05) is 19.9 Å². The quantitative estimate of drug-likeness (QED) is 0.572. The van der Waals surface area contributed by atoms with Crippen LogP contribution in [0, 0.1) is 0 Å². The maximum Gasteiger partial charge on any atom is 0.130 e. The molecule has 2 aliphatic rings. The molecule has 1 aromatic carbocycles. The van der Waals surface area contributed by atoms with Crippen molar-refractivity contribution in [2.75, 3.05) is 18.5 Å². The molecule has 2 aromatic heterocycles. The summed E-state index contributed by atoms with van der Waals surface area (Å²) in [4.78, 5) is 9.09. The molecule has 5 rings (SSSR count). The second-order valence-corrected chi connectivity index (χ2v) is 9.93. The summed E-state index contributed by atoms with van der Waals surface area (Å²) in [5, 5.41) is 13.4. The van der Waals surface area contributed by atoms with E-state index < -0.39 is 0 Å². The first-order valence-electron chi connectivity index (χ1n) is 12.5. The Morgan fingerprint density at radius 2 is 1.67 bits per heavy atom. The number of benzene rings is 1. The lowest BCUT2D eigenvalue weighted by Crippen LogP contribution is -2.44. The van der Waals surface area contributed by atoms with Crippen molar-refractivity contribution in [3.63, 3.8) is 0 Å². The summed E-state index contributed by atoms with van der Waals surface area (Å²) in [6.07, 6.45) is 8.72. The molecule has 1 aliphatic carbocycles. The van der Waals surface area contributed by atoms with Crippen molar-refractivity contribution >= 4 is 16.7 Å². The first-order chi connectivity index (χ1) is 16.1.